The number of hydrogen-bond acceptors (Lipinski definition) is 7. The molecule has 0 unspecified atom stereocenters. The SMILES string of the molecule is CCn1c(SCC(=O)Cc2nc(C)c(C)s2)nnc1-c1cccnc1. The lowest BCUT2D eigenvalue weighted by Crippen LogP contribution is -2.07. The Kier molecular flexibility index (Phi) is 5.60. The number of carbonyl (C=O) groups excluding carboxylic acids is 1. The van der Waals surface area contributed by atoms with Crippen LogP contribution < -0.4 is 0 Å². The van der Waals surface area contributed by atoms with Crippen molar-refractivity contribution in [3.05, 3.63) is 40.1 Å². The zero-order valence-corrected chi connectivity index (χ0v) is 16.0. The van der Waals surface area contributed by atoms with Gasteiger partial charge in [0.15, 0.2) is 11.0 Å². The third-order valence-corrected chi connectivity index (χ3v) is 5.84. The molecule has 0 atom stereocenters. The van der Waals surface area contributed by atoms with Crippen LogP contribution in [0.1, 0.15) is 22.5 Å². The molecule has 8 heteroatoms. The van der Waals surface area contributed by atoms with Crippen LogP contribution in [-0.2, 0) is 17.8 Å². The highest BCUT2D eigenvalue weighted by Crippen LogP contribution is 2.24. The zero-order chi connectivity index (χ0) is 17.8. The summed E-state index contributed by atoms with van der Waals surface area (Å²) in [7, 11) is 0. The highest BCUT2D eigenvalue weighted by atomic mass is 32.2. The molecule has 0 amide bonds. The molecule has 3 rings (SSSR count). The van der Waals surface area contributed by atoms with Crippen LogP contribution in [-0.4, -0.2) is 36.3 Å². The smallest absolute Gasteiger partial charge is 0.191 e. The Morgan fingerprint density at radius 1 is 1.32 bits per heavy atom. The number of rotatable bonds is 7. The molecule has 0 aliphatic heterocycles. The number of thioether (sulfide) groups is 1. The van der Waals surface area contributed by atoms with Crippen molar-refractivity contribution in [1.82, 2.24) is 24.7 Å². The summed E-state index contributed by atoms with van der Waals surface area (Å²) in [6.07, 6.45) is 3.87. The standard InChI is InChI=1S/C17H19N5OS2/c1-4-22-16(13-6-5-7-18-9-13)20-21-17(22)24-10-14(23)8-15-19-11(2)12(3)25-15/h5-7,9H,4,8,10H2,1-3H3. The van der Waals surface area contributed by atoms with Gasteiger partial charge in [0.2, 0.25) is 0 Å². The van der Waals surface area contributed by atoms with Crippen LogP contribution in [0.2, 0.25) is 0 Å². The minimum atomic E-state index is 0.146. The first-order chi connectivity index (χ1) is 12.1. The number of pyridine rings is 1. The number of hydrogen-bond donors (Lipinski definition) is 0. The molecule has 130 valence electrons. The van der Waals surface area contributed by atoms with Gasteiger partial charge in [0.25, 0.3) is 0 Å². The molecule has 0 saturated heterocycles. The highest BCUT2D eigenvalue weighted by molar-refractivity contribution is 7.99. The normalized spacial score (nSPS) is 11.0. The zero-order valence-electron chi connectivity index (χ0n) is 14.4. The fraction of sp³-hybridized carbons (Fsp3) is 0.353. The van der Waals surface area contributed by atoms with E-state index < -0.39 is 0 Å². The lowest BCUT2D eigenvalue weighted by atomic mass is 10.3. The number of aryl methyl sites for hydroxylation is 2. The first-order valence-electron chi connectivity index (χ1n) is 7.99. The van der Waals surface area contributed by atoms with Crippen LogP contribution in [0.5, 0.6) is 0 Å². The highest BCUT2D eigenvalue weighted by Gasteiger charge is 2.15. The van der Waals surface area contributed by atoms with Gasteiger partial charge in [-0.3, -0.25) is 9.78 Å². The van der Waals surface area contributed by atoms with Gasteiger partial charge in [-0.05, 0) is 32.9 Å². The largest absolute Gasteiger partial charge is 0.302 e. The molecule has 3 aromatic rings. The minimum Gasteiger partial charge on any atom is -0.302 e. The van der Waals surface area contributed by atoms with E-state index in [0.717, 1.165) is 33.8 Å². The molecule has 0 aromatic carbocycles. The van der Waals surface area contributed by atoms with Gasteiger partial charge in [-0.2, -0.15) is 0 Å². The molecular weight excluding hydrogens is 354 g/mol. The maximum absolute atomic E-state index is 12.3. The van der Waals surface area contributed by atoms with Crippen LogP contribution in [0.25, 0.3) is 11.4 Å². The van der Waals surface area contributed by atoms with Crippen LogP contribution >= 0.6 is 23.1 Å². The fourth-order valence-corrected chi connectivity index (χ4v) is 4.19. The Labute approximate surface area is 154 Å². The maximum atomic E-state index is 12.3. The molecule has 0 radical (unpaired) electrons. The molecule has 0 fully saturated rings. The second-order valence-electron chi connectivity index (χ2n) is 5.55. The molecule has 3 aromatic heterocycles. The number of aromatic nitrogens is 5. The Balaban J connectivity index is 1.67. The molecule has 0 spiro atoms. The van der Waals surface area contributed by atoms with E-state index >= 15 is 0 Å². The maximum Gasteiger partial charge on any atom is 0.191 e. The van der Waals surface area contributed by atoms with Crippen molar-refractivity contribution < 1.29 is 4.79 Å². The second-order valence-corrected chi connectivity index (χ2v) is 7.78. The summed E-state index contributed by atoms with van der Waals surface area (Å²) in [5, 5.41) is 10.1. The summed E-state index contributed by atoms with van der Waals surface area (Å²) >= 11 is 3.01. The monoisotopic (exact) mass is 373 g/mol. The van der Waals surface area contributed by atoms with E-state index in [1.165, 1.54) is 16.6 Å². The Morgan fingerprint density at radius 2 is 2.16 bits per heavy atom. The molecule has 0 N–H and O–H groups in total. The molecule has 0 bridgehead atoms. The fourth-order valence-electron chi connectivity index (χ4n) is 2.37. The quantitative estimate of drug-likeness (QED) is 0.592. The summed E-state index contributed by atoms with van der Waals surface area (Å²) < 4.78 is 2.01. The van der Waals surface area contributed by atoms with E-state index in [1.54, 1.807) is 23.7 Å². The topological polar surface area (TPSA) is 73.6 Å². The van der Waals surface area contributed by atoms with E-state index in [2.05, 4.69) is 20.2 Å². The first-order valence-corrected chi connectivity index (χ1v) is 9.79. The summed E-state index contributed by atoms with van der Waals surface area (Å²) in [5.41, 5.74) is 1.93. The lowest BCUT2D eigenvalue weighted by Gasteiger charge is -2.06. The molecular formula is C17H19N5OS2. The molecule has 3 heterocycles. The molecule has 25 heavy (non-hydrogen) atoms. The predicted octanol–water partition coefficient (Wildman–Crippen LogP) is 3.34. The van der Waals surface area contributed by atoms with Gasteiger partial charge in [-0.1, -0.05) is 11.8 Å². The van der Waals surface area contributed by atoms with Gasteiger partial charge in [-0.15, -0.1) is 21.5 Å². The van der Waals surface area contributed by atoms with Gasteiger partial charge in [0.1, 0.15) is 10.8 Å². The number of thiazole rings is 1. The van der Waals surface area contributed by atoms with Crippen molar-refractivity contribution in [3.8, 4) is 11.4 Å². The van der Waals surface area contributed by atoms with Crippen molar-refractivity contribution in [3.63, 3.8) is 0 Å². The van der Waals surface area contributed by atoms with E-state index in [-0.39, 0.29) is 5.78 Å². The van der Waals surface area contributed by atoms with Gasteiger partial charge in [0.05, 0.1) is 17.9 Å². The van der Waals surface area contributed by atoms with Gasteiger partial charge < -0.3 is 4.57 Å². The molecule has 0 aliphatic rings. The van der Waals surface area contributed by atoms with Crippen molar-refractivity contribution in [2.75, 3.05) is 5.75 Å². The summed E-state index contributed by atoms with van der Waals surface area (Å²) in [6.45, 7) is 6.77. The minimum absolute atomic E-state index is 0.146. The third kappa shape index (κ3) is 4.13. The Bertz CT molecular complexity index is 853. The van der Waals surface area contributed by atoms with E-state index in [1.807, 2.05) is 37.5 Å². The third-order valence-electron chi connectivity index (χ3n) is 3.74. The second kappa shape index (κ2) is 7.88. The van der Waals surface area contributed by atoms with E-state index in [4.69, 9.17) is 0 Å². The van der Waals surface area contributed by atoms with E-state index in [0.29, 0.717) is 12.2 Å². The van der Waals surface area contributed by atoms with Crippen LogP contribution in [0, 0.1) is 13.8 Å². The number of nitrogens with zero attached hydrogens (tertiary/aromatic N) is 5. The van der Waals surface area contributed by atoms with E-state index in [9.17, 15) is 4.79 Å². The van der Waals surface area contributed by atoms with Crippen LogP contribution in [0.4, 0.5) is 0 Å². The van der Waals surface area contributed by atoms with Crippen molar-refractivity contribution in [2.24, 2.45) is 0 Å². The van der Waals surface area contributed by atoms with Crippen LogP contribution in [0.3, 0.4) is 0 Å². The molecule has 0 aliphatic carbocycles. The lowest BCUT2D eigenvalue weighted by molar-refractivity contribution is -0.116. The number of Topliss-reactive ketones (excluding diaryl/α,β-unsaturated/α-hetero) is 1. The van der Waals surface area contributed by atoms with Gasteiger partial charge in [0, 0.05) is 29.4 Å². The Morgan fingerprint density at radius 3 is 2.80 bits per heavy atom. The van der Waals surface area contributed by atoms with Gasteiger partial charge >= 0.3 is 0 Å². The number of ketones is 1. The predicted molar refractivity (Wildman–Crippen MR) is 100.0 cm³/mol. The summed E-state index contributed by atoms with van der Waals surface area (Å²) in [4.78, 5) is 22.0. The van der Waals surface area contributed by atoms with Crippen LogP contribution in [0.15, 0.2) is 29.7 Å². The van der Waals surface area contributed by atoms with Crippen molar-refractivity contribution >= 4 is 28.9 Å². The number of carbonyl (C=O) groups is 1. The molecule has 6 nitrogen and oxygen atoms in total. The first kappa shape index (κ1) is 17.8. The molecule has 0 saturated carbocycles. The van der Waals surface area contributed by atoms with Crippen molar-refractivity contribution in [2.45, 2.75) is 38.9 Å². The summed E-state index contributed by atoms with van der Waals surface area (Å²) in [6, 6.07) is 3.83. The average Bonchev–Trinajstić information content (AvgIpc) is 3.16. The van der Waals surface area contributed by atoms with Crippen molar-refractivity contribution in [1.29, 1.82) is 0 Å². The average molecular weight is 374 g/mol. The Hall–Kier alpha value is -2.06. The summed E-state index contributed by atoms with van der Waals surface area (Å²) in [5.74, 6) is 1.28. The van der Waals surface area contributed by atoms with Gasteiger partial charge in [-0.25, -0.2) is 4.98 Å².